The molecule has 0 aliphatic heterocycles. The van der Waals surface area contributed by atoms with E-state index in [1.807, 2.05) is 19.1 Å². The largest absolute Gasteiger partial charge is 0.342 e. The van der Waals surface area contributed by atoms with Crippen molar-refractivity contribution in [1.82, 2.24) is 9.97 Å². The van der Waals surface area contributed by atoms with Gasteiger partial charge in [0.2, 0.25) is 0 Å². The summed E-state index contributed by atoms with van der Waals surface area (Å²) in [7, 11) is 0. The van der Waals surface area contributed by atoms with Crippen LogP contribution in [0.25, 0.3) is 11.3 Å². The Labute approximate surface area is 110 Å². The van der Waals surface area contributed by atoms with Crippen LogP contribution in [0.1, 0.15) is 18.7 Å². The van der Waals surface area contributed by atoms with Gasteiger partial charge < -0.3 is 10.7 Å². The van der Waals surface area contributed by atoms with E-state index in [9.17, 15) is 0 Å². The number of hydrogen-bond acceptors (Lipinski definition) is 2. The van der Waals surface area contributed by atoms with Crippen LogP contribution < -0.4 is 5.73 Å². The van der Waals surface area contributed by atoms with Gasteiger partial charge in [-0.15, -0.1) is 0 Å². The number of aromatic nitrogens is 2. The third-order valence-electron chi connectivity index (χ3n) is 2.66. The van der Waals surface area contributed by atoms with Crippen LogP contribution in [0.15, 0.2) is 24.4 Å². The summed E-state index contributed by atoms with van der Waals surface area (Å²) in [6.45, 7) is 2.57. The van der Waals surface area contributed by atoms with E-state index in [0.717, 1.165) is 17.1 Å². The lowest BCUT2D eigenvalue weighted by atomic mass is 10.1. The van der Waals surface area contributed by atoms with Gasteiger partial charge in [-0.3, -0.25) is 0 Å². The molecule has 1 aromatic heterocycles. The first kappa shape index (κ1) is 12.4. The Hall–Kier alpha value is -1.03. The summed E-state index contributed by atoms with van der Waals surface area (Å²) in [5, 5.41) is 1.07. The average molecular weight is 270 g/mol. The van der Waals surface area contributed by atoms with Crippen molar-refractivity contribution in [3.05, 3.63) is 40.3 Å². The quantitative estimate of drug-likeness (QED) is 0.897. The van der Waals surface area contributed by atoms with E-state index in [1.54, 1.807) is 12.3 Å². The first-order valence-electron chi connectivity index (χ1n) is 5.32. The molecule has 17 heavy (non-hydrogen) atoms. The summed E-state index contributed by atoms with van der Waals surface area (Å²) in [5.74, 6) is 1.06. The van der Waals surface area contributed by atoms with Crippen molar-refractivity contribution < 1.29 is 0 Å². The van der Waals surface area contributed by atoms with Gasteiger partial charge in [-0.25, -0.2) is 4.98 Å². The predicted octanol–water partition coefficient (Wildman–Crippen LogP) is 3.45. The fourth-order valence-corrected chi connectivity index (χ4v) is 1.95. The van der Waals surface area contributed by atoms with E-state index in [-0.39, 0.29) is 5.92 Å². The molecule has 1 heterocycles. The summed E-state index contributed by atoms with van der Waals surface area (Å²) in [4.78, 5) is 7.51. The molecule has 0 aliphatic carbocycles. The maximum absolute atomic E-state index is 6.15. The monoisotopic (exact) mass is 269 g/mol. The zero-order chi connectivity index (χ0) is 12.4. The van der Waals surface area contributed by atoms with Crippen molar-refractivity contribution in [3.8, 4) is 11.3 Å². The smallest absolute Gasteiger partial charge is 0.110 e. The van der Waals surface area contributed by atoms with Crippen molar-refractivity contribution in [3.63, 3.8) is 0 Å². The van der Waals surface area contributed by atoms with Gasteiger partial charge in [-0.05, 0) is 6.07 Å². The molecule has 3 N–H and O–H groups in total. The Morgan fingerprint density at radius 2 is 2.18 bits per heavy atom. The van der Waals surface area contributed by atoms with Crippen LogP contribution in [0.4, 0.5) is 0 Å². The van der Waals surface area contributed by atoms with Crippen molar-refractivity contribution in [1.29, 1.82) is 0 Å². The Kier molecular flexibility index (Phi) is 3.72. The minimum absolute atomic E-state index is 0.196. The van der Waals surface area contributed by atoms with Gasteiger partial charge >= 0.3 is 0 Å². The summed E-state index contributed by atoms with van der Waals surface area (Å²) in [5.41, 5.74) is 7.30. The van der Waals surface area contributed by atoms with Gasteiger partial charge in [0, 0.05) is 18.0 Å². The van der Waals surface area contributed by atoms with Gasteiger partial charge in [-0.2, -0.15) is 0 Å². The summed E-state index contributed by atoms with van der Waals surface area (Å²) in [6, 6.07) is 5.52. The highest BCUT2D eigenvalue weighted by Crippen LogP contribution is 2.32. The van der Waals surface area contributed by atoms with E-state index >= 15 is 0 Å². The fraction of sp³-hybridized carbons (Fsp3) is 0.250. The highest BCUT2D eigenvalue weighted by molar-refractivity contribution is 6.43. The molecular weight excluding hydrogens is 257 g/mol. The van der Waals surface area contributed by atoms with E-state index in [1.165, 1.54) is 0 Å². The molecule has 3 nitrogen and oxygen atoms in total. The number of aromatic amines is 1. The molecule has 0 bridgehead atoms. The molecule has 0 spiro atoms. The molecule has 0 radical (unpaired) electrons. The van der Waals surface area contributed by atoms with Crippen molar-refractivity contribution >= 4 is 23.2 Å². The second-order valence-electron chi connectivity index (χ2n) is 3.92. The van der Waals surface area contributed by atoms with Crippen LogP contribution in [0.2, 0.25) is 10.0 Å². The maximum Gasteiger partial charge on any atom is 0.110 e. The third kappa shape index (κ3) is 2.46. The Balaban J connectivity index is 2.40. The lowest BCUT2D eigenvalue weighted by Gasteiger charge is -2.05. The summed E-state index contributed by atoms with van der Waals surface area (Å²) >= 11 is 12.1. The standard InChI is InChI=1S/C12H13Cl2N3/c1-7(5-15)12-16-6-10(17-12)8-3-2-4-9(13)11(8)14/h2-4,6-7H,5,15H2,1H3,(H,16,17). The van der Waals surface area contributed by atoms with E-state index in [0.29, 0.717) is 16.6 Å². The SMILES string of the molecule is CC(CN)c1ncc(-c2cccc(Cl)c2Cl)[nH]1. The van der Waals surface area contributed by atoms with Crippen LogP contribution in [0, 0.1) is 0 Å². The first-order chi connectivity index (χ1) is 8.13. The minimum atomic E-state index is 0.196. The Morgan fingerprint density at radius 1 is 1.41 bits per heavy atom. The number of nitrogens with one attached hydrogen (secondary N) is 1. The van der Waals surface area contributed by atoms with Crippen LogP contribution in [-0.2, 0) is 0 Å². The molecule has 5 heteroatoms. The van der Waals surface area contributed by atoms with E-state index in [2.05, 4.69) is 9.97 Å². The molecule has 1 aromatic carbocycles. The molecule has 0 saturated heterocycles. The first-order valence-corrected chi connectivity index (χ1v) is 6.08. The normalized spacial score (nSPS) is 12.7. The Morgan fingerprint density at radius 3 is 2.88 bits per heavy atom. The lowest BCUT2D eigenvalue weighted by molar-refractivity contribution is 0.725. The number of nitrogens with zero attached hydrogens (tertiary/aromatic N) is 1. The van der Waals surface area contributed by atoms with Gasteiger partial charge in [0.1, 0.15) is 5.82 Å². The van der Waals surface area contributed by atoms with E-state index < -0.39 is 0 Å². The van der Waals surface area contributed by atoms with Crippen LogP contribution in [0.3, 0.4) is 0 Å². The Bertz CT molecular complexity index is 522. The number of hydrogen-bond donors (Lipinski definition) is 2. The molecule has 0 aliphatic rings. The zero-order valence-electron chi connectivity index (χ0n) is 9.37. The molecule has 0 fully saturated rings. The third-order valence-corrected chi connectivity index (χ3v) is 3.48. The molecule has 2 rings (SSSR count). The predicted molar refractivity (Wildman–Crippen MR) is 71.5 cm³/mol. The molecule has 1 atom stereocenters. The lowest BCUT2D eigenvalue weighted by Crippen LogP contribution is -2.10. The van der Waals surface area contributed by atoms with Gasteiger partial charge in [0.25, 0.3) is 0 Å². The molecule has 0 amide bonds. The van der Waals surface area contributed by atoms with Crippen molar-refractivity contribution in [2.75, 3.05) is 6.54 Å². The molecule has 1 unspecified atom stereocenters. The van der Waals surface area contributed by atoms with Crippen LogP contribution in [0.5, 0.6) is 0 Å². The number of benzene rings is 1. The van der Waals surface area contributed by atoms with Crippen LogP contribution >= 0.6 is 23.2 Å². The number of nitrogens with two attached hydrogens (primary N) is 1. The van der Waals surface area contributed by atoms with Crippen molar-refractivity contribution in [2.45, 2.75) is 12.8 Å². The molecular formula is C12H13Cl2N3. The summed E-state index contributed by atoms with van der Waals surface area (Å²) < 4.78 is 0. The highest BCUT2D eigenvalue weighted by atomic mass is 35.5. The van der Waals surface area contributed by atoms with Gasteiger partial charge in [0.05, 0.1) is 21.9 Å². The second kappa shape index (κ2) is 5.08. The van der Waals surface area contributed by atoms with Gasteiger partial charge in [-0.1, -0.05) is 42.3 Å². The van der Waals surface area contributed by atoms with Crippen LogP contribution in [-0.4, -0.2) is 16.5 Å². The minimum Gasteiger partial charge on any atom is -0.342 e. The summed E-state index contributed by atoms with van der Waals surface area (Å²) in [6.07, 6.45) is 1.75. The molecule has 90 valence electrons. The molecule has 0 saturated carbocycles. The number of rotatable bonds is 3. The number of H-pyrrole nitrogens is 1. The molecule has 2 aromatic rings. The average Bonchev–Trinajstić information content (AvgIpc) is 2.81. The van der Waals surface area contributed by atoms with E-state index in [4.69, 9.17) is 28.9 Å². The number of imidazole rings is 1. The number of halogens is 2. The fourth-order valence-electron chi connectivity index (χ4n) is 1.55. The highest BCUT2D eigenvalue weighted by Gasteiger charge is 2.12. The second-order valence-corrected chi connectivity index (χ2v) is 4.71. The van der Waals surface area contributed by atoms with Gasteiger partial charge in [0.15, 0.2) is 0 Å². The topological polar surface area (TPSA) is 54.7 Å². The van der Waals surface area contributed by atoms with Crippen molar-refractivity contribution in [2.24, 2.45) is 5.73 Å². The zero-order valence-corrected chi connectivity index (χ0v) is 10.9. The maximum atomic E-state index is 6.15.